The Bertz CT molecular complexity index is 717. The third kappa shape index (κ3) is 3.98. The summed E-state index contributed by atoms with van der Waals surface area (Å²) in [7, 11) is 0. The Kier molecular flexibility index (Phi) is 6.48. The summed E-state index contributed by atoms with van der Waals surface area (Å²) < 4.78 is 13.1. The van der Waals surface area contributed by atoms with Gasteiger partial charge in [0, 0.05) is 17.5 Å². The first kappa shape index (κ1) is 19.3. The van der Waals surface area contributed by atoms with Crippen molar-refractivity contribution in [2.24, 2.45) is 5.73 Å². The second kappa shape index (κ2) is 8.39. The zero-order valence-corrected chi connectivity index (χ0v) is 15.8. The van der Waals surface area contributed by atoms with E-state index in [0.29, 0.717) is 31.2 Å². The summed E-state index contributed by atoms with van der Waals surface area (Å²) in [5, 5.41) is 0.933. The molecule has 5 heteroatoms. The minimum absolute atomic E-state index is 0.233. The van der Waals surface area contributed by atoms with Crippen LogP contribution in [0.4, 0.5) is 0 Å². The van der Waals surface area contributed by atoms with Crippen LogP contribution in [0.5, 0.6) is 5.75 Å². The molecule has 0 radical (unpaired) electrons. The number of nitrogens with zero attached hydrogens (tertiary/aromatic N) is 1. The number of ether oxygens (including phenoxy) is 2. The number of carbonyl (C=O) groups is 1. The lowest BCUT2D eigenvalue weighted by Gasteiger charge is -2.27. The van der Waals surface area contributed by atoms with Crippen LogP contribution in [0.1, 0.15) is 57.4 Å². The van der Waals surface area contributed by atoms with Crippen LogP contribution >= 0.6 is 0 Å². The number of aromatic nitrogens is 1. The normalized spacial score (nSPS) is 11.7. The number of nitrogens with two attached hydrogens (primary N) is 1. The summed E-state index contributed by atoms with van der Waals surface area (Å²) in [4.78, 5) is 12.6. The minimum atomic E-state index is -0.349. The molecule has 0 aliphatic rings. The van der Waals surface area contributed by atoms with Gasteiger partial charge in [-0.1, -0.05) is 26.0 Å². The third-order valence-corrected chi connectivity index (χ3v) is 4.92. The van der Waals surface area contributed by atoms with Crippen LogP contribution in [0.2, 0.25) is 0 Å². The molecule has 0 unspecified atom stereocenters. The highest BCUT2D eigenvalue weighted by Gasteiger charge is 2.27. The lowest BCUT2D eigenvalue weighted by atomic mass is 9.90. The van der Waals surface area contributed by atoms with Gasteiger partial charge < -0.3 is 19.8 Å². The van der Waals surface area contributed by atoms with Crippen LogP contribution in [-0.4, -0.2) is 29.3 Å². The molecule has 1 aromatic heterocycles. The van der Waals surface area contributed by atoms with Crippen molar-refractivity contribution in [3.05, 3.63) is 30.0 Å². The van der Waals surface area contributed by atoms with E-state index in [-0.39, 0.29) is 11.5 Å². The Morgan fingerprint density at radius 2 is 1.80 bits per heavy atom. The summed E-state index contributed by atoms with van der Waals surface area (Å²) >= 11 is 0. The van der Waals surface area contributed by atoms with Crippen molar-refractivity contribution in [1.82, 2.24) is 4.57 Å². The predicted octanol–water partition coefficient (Wildman–Crippen LogP) is 4.12. The van der Waals surface area contributed by atoms with Crippen molar-refractivity contribution in [2.75, 3.05) is 13.2 Å². The van der Waals surface area contributed by atoms with Crippen molar-refractivity contribution in [3.8, 4) is 5.75 Å². The number of hydrogen-bond donors (Lipinski definition) is 1. The number of hydrogen-bond acceptors (Lipinski definition) is 4. The van der Waals surface area contributed by atoms with E-state index in [4.69, 9.17) is 15.2 Å². The van der Waals surface area contributed by atoms with Crippen LogP contribution in [-0.2, 0) is 11.3 Å². The zero-order valence-electron chi connectivity index (χ0n) is 15.8. The molecule has 25 heavy (non-hydrogen) atoms. The van der Waals surface area contributed by atoms with E-state index in [9.17, 15) is 4.79 Å². The molecular formula is C20H30N2O3. The van der Waals surface area contributed by atoms with Crippen molar-refractivity contribution in [2.45, 2.75) is 59.0 Å². The molecule has 2 aromatic rings. The van der Waals surface area contributed by atoms with Crippen LogP contribution in [0.25, 0.3) is 10.9 Å². The Labute approximate surface area is 150 Å². The molecule has 0 spiro atoms. The molecule has 0 saturated heterocycles. The lowest BCUT2D eigenvalue weighted by molar-refractivity contribution is 0.0509. The fourth-order valence-electron chi connectivity index (χ4n) is 3.13. The highest BCUT2D eigenvalue weighted by Crippen LogP contribution is 2.35. The number of fused-ring (bicyclic) bond motifs is 1. The van der Waals surface area contributed by atoms with Gasteiger partial charge in [-0.2, -0.15) is 0 Å². The molecule has 5 nitrogen and oxygen atoms in total. The Hall–Kier alpha value is -2.01. The number of rotatable bonds is 9. The number of benzene rings is 1. The summed E-state index contributed by atoms with van der Waals surface area (Å²) in [5.74, 6) is 0.255. The van der Waals surface area contributed by atoms with Crippen LogP contribution in [0, 0.1) is 0 Å². The maximum Gasteiger partial charge on any atom is 0.358 e. The highest BCUT2D eigenvalue weighted by atomic mass is 16.5. The second-order valence-corrected chi connectivity index (χ2v) is 6.32. The smallest absolute Gasteiger partial charge is 0.358 e. The van der Waals surface area contributed by atoms with Gasteiger partial charge >= 0.3 is 5.97 Å². The van der Waals surface area contributed by atoms with E-state index >= 15 is 0 Å². The topological polar surface area (TPSA) is 66.5 Å². The molecule has 1 aromatic carbocycles. The lowest BCUT2D eigenvalue weighted by Crippen LogP contribution is -2.39. The van der Waals surface area contributed by atoms with Crippen molar-refractivity contribution in [3.63, 3.8) is 0 Å². The average molecular weight is 346 g/mol. The maximum atomic E-state index is 12.6. The number of aryl methyl sites for hydroxylation is 1. The largest absolute Gasteiger partial charge is 0.491 e. The Balaban J connectivity index is 2.55. The van der Waals surface area contributed by atoms with Gasteiger partial charge in [-0.25, -0.2) is 4.79 Å². The Morgan fingerprint density at radius 1 is 1.12 bits per heavy atom. The first-order chi connectivity index (χ1) is 12.0. The average Bonchev–Trinajstić information content (AvgIpc) is 2.94. The van der Waals surface area contributed by atoms with Crippen molar-refractivity contribution >= 4 is 16.9 Å². The second-order valence-electron chi connectivity index (χ2n) is 6.32. The number of carbonyl (C=O) groups excluding carboxylic acids is 1. The molecule has 0 fully saturated rings. The fourth-order valence-corrected chi connectivity index (χ4v) is 3.13. The summed E-state index contributed by atoms with van der Waals surface area (Å²) in [6, 6.07) is 7.92. The van der Waals surface area contributed by atoms with Crippen LogP contribution in [0.15, 0.2) is 24.3 Å². The zero-order chi connectivity index (χ0) is 18.4. The van der Waals surface area contributed by atoms with E-state index in [2.05, 4.69) is 13.8 Å². The molecule has 0 atom stereocenters. The summed E-state index contributed by atoms with van der Waals surface area (Å²) in [6.07, 6.45) is 2.59. The molecule has 1 heterocycles. The molecule has 0 aliphatic heterocycles. The van der Waals surface area contributed by atoms with E-state index < -0.39 is 0 Å². The summed E-state index contributed by atoms with van der Waals surface area (Å²) in [5.41, 5.74) is 7.71. The van der Waals surface area contributed by atoms with E-state index in [1.54, 1.807) is 0 Å². The first-order valence-electron chi connectivity index (χ1n) is 9.21. The standard InChI is InChI=1S/C20H30N2O3/c1-5-20(21,6-2)13-14-22-16-12-10-9-11-15(16)18(24-7-3)17(22)19(23)25-8-4/h9-12H,5-8,13-14,21H2,1-4H3. The molecule has 0 amide bonds. The molecule has 2 N–H and O–H groups in total. The molecule has 0 saturated carbocycles. The van der Waals surface area contributed by atoms with Gasteiger partial charge in [0.25, 0.3) is 0 Å². The SMILES string of the molecule is CCOC(=O)c1c(OCC)c2ccccc2n1CCC(N)(CC)CC. The van der Waals surface area contributed by atoms with E-state index in [1.165, 1.54) is 0 Å². The number of esters is 1. The van der Waals surface area contributed by atoms with Gasteiger partial charge in [0.2, 0.25) is 0 Å². The van der Waals surface area contributed by atoms with Crippen LogP contribution < -0.4 is 10.5 Å². The van der Waals surface area contributed by atoms with Crippen molar-refractivity contribution < 1.29 is 14.3 Å². The fraction of sp³-hybridized carbons (Fsp3) is 0.550. The van der Waals surface area contributed by atoms with Crippen molar-refractivity contribution in [1.29, 1.82) is 0 Å². The molecule has 0 bridgehead atoms. The highest BCUT2D eigenvalue weighted by molar-refractivity contribution is 6.01. The third-order valence-electron chi connectivity index (χ3n) is 4.92. The first-order valence-corrected chi connectivity index (χ1v) is 9.21. The Morgan fingerprint density at radius 3 is 2.40 bits per heavy atom. The van der Waals surface area contributed by atoms with E-state index in [1.807, 2.05) is 42.7 Å². The minimum Gasteiger partial charge on any atom is -0.491 e. The molecule has 138 valence electrons. The van der Waals surface area contributed by atoms with E-state index in [0.717, 1.165) is 30.2 Å². The number of para-hydroxylation sites is 1. The molecule has 2 rings (SSSR count). The van der Waals surface area contributed by atoms with Gasteiger partial charge in [0.1, 0.15) is 0 Å². The van der Waals surface area contributed by atoms with Gasteiger partial charge in [-0.15, -0.1) is 0 Å². The van der Waals surface area contributed by atoms with Gasteiger partial charge in [-0.3, -0.25) is 0 Å². The maximum absolute atomic E-state index is 12.6. The monoisotopic (exact) mass is 346 g/mol. The summed E-state index contributed by atoms with van der Waals surface area (Å²) in [6.45, 7) is 9.41. The van der Waals surface area contributed by atoms with Gasteiger partial charge in [-0.05, 0) is 45.2 Å². The van der Waals surface area contributed by atoms with Gasteiger partial charge in [0.15, 0.2) is 11.4 Å². The van der Waals surface area contributed by atoms with Crippen LogP contribution in [0.3, 0.4) is 0 Å². The quantitative estimate of drug-likeness (QED) is 0.694. The predicted molar refractivity (Wildman–Crippen MR) is 101 cm³/mol. The van der Waals surface area contributed by atoms with Gasteiger partial charge in [0.05, 0.1) is 18.7 Å². The molecule has 0 aliphatic carbocycles. The molecular weight excluding hydrogens is 316 g/mol.